The lowest BCUT2D eigenvalue weighted by atomic mass is 9.86. The monoisotopic (exact) mass is 331 g/mol. The quantitative estimate of drug-likeness (QED) is 0.937. The molecule has 1 N–H and O–H groups in total. The van der Waals surface area contributed by atoms with Crippen LogP contribution in [0.25, 0.3) is 0 Å². The van der Waals surface area contributed by atoms with Gasteiger partial charge in [-0.3, -0.25) is 4.79 Å². The molecule has 3 rings (SSSR count). The molecule has 1 amide bonds. The number of fused-ring (bicyclic) bond motifs is 1. The van der Waals surface area contributed by atoms with Crippen LogP contribution in [0.2, 0.25) is 0 Å². The fraction of sp³-hybridized carbons (Fsp3) is 0.222. The van der Waals surface area contributed by atoms with E-state index in [1.165, 1.54) is 23.1 Å². The first kappa shape index (κ1) is 16.1. The Morgan fingerprint density at radius 1 is 1.17 bits per heavy atom. The van der Waals surface area contributed by atoms with Crippen LogP contribution in [0, 0.1) is 11.6 Å². The molecule has 2 aromatic carbocycles. The van der Waals surface area contributed by atoms with Crippen molar-refractivity contribution in [2.45, 2.75) is 25.8 Å². The third-order valence-corrected chi connectivity index (χ3v) is 4.33. The summed E-state index contributed by atoms with van der Waals surface area (Å²) in [5.74, 6) is -2.81. The van der Waals surface area contributed by atoms with Gasteiger partial charge in [0.15, 0.2) is 0 Å². The van der Waals surface area contributed by atoms with E-state index >= 15 is 0 Å². The Morgan fingerprint density at radius 3 is 2.50 bits per heavy atom. The normalized spacial score (nSPS) is 15.5. The average molecular weight is 331 g/mol. The van der Waals surface area contributed by atoms with Crippen LogP contribution >= 0.6 is 0 Å². The molecule has 0 bridgehead atoms. The van der Waals surface area contributed by atoms with Crippen LogP contribution in [0.15, 0.2) is 36.4 Å². The molecule has 6 heteroatoms. The van der Waals surface area contributed by atoms with Crippen molar-refractivity contribution in [3.05, 3.63) is 64.7 Å². The molecular weight excluding hydrogens is 316 g/mol. The topological polar surface area (TPSA) is 57.6 Å². The Kier molecular flexibility index (Phi) is 3.63. The third-order valence-electron chi connectivity index (χ3n) is 4.33. The van der Waals surface area contributed by atoms with Crippen molar-refractivity contribution in [1.29, 1.82) is 0 Å². The maximum absolute atomic E-state index is 13.9. The molecule has 0 spiro atoms. The molecule has 0 saturated carbocycles. The SMILES string of the molecule is CC1(C)C(=O)N(Cc2ccc(F)cc2F)c2cc(C(=O)O)ccc21. The summed E-state index contributed by atoms with van der Waals surface area (Å²) < 4.78 is 27.0. The molecule has 24 heavy (non-hydrogen) atoms. The number of nitrogens with zero attached hydrogens (tertiary/aromatic N) is 1. The van der Waals surface area contributed by atoms with Crippen LogP contribution in [-0.4, -0.2) is 17.0 Å². The summed E-state index contributed by atoms with van der Waals surface area (Å²) in [7, 11) is 0. The summed E-state index contributed by atoms with van der Waals surface area (Å²) in [5, 5.41) is 9.16. The van der Waals surface area contributed by atoms with Crippen LogP contribution in [0.5, 0.6) is 0 Å². The maximum Gasteiger partial charge on any atom is 0.335 e. The standard InChI is InChI=1S/C18H15F2NO3/c1-18(2)13-6-4-10(16(22)23)7-15(13)21(17(18)24)9-11-3-5-12(19)8-14(11)20/h3-8H,9H2,1-2H3,(H,22,23). The molecular formula is C18H15F2NO3. The predicted octanol–water partition coefficient (Wildman–Crippen LogP) is 3.49. The average Bonchev–Trinajstić information content (AvgIpc) is 2.70. The van der Waals surface area contributed by atoms with Crippen LogP contribution in [-0.2, 0) is 16.8 Å². The van der Waals surface area contributed by atoms with E-state index in [9.17, 15) is 18.4 Å². The van der Waals surface area contributed by atoms with Gasteiger partial charge in [0.1, 0.15) is 11.6 Å². The van der Waals surface area contributed by atoms with E-state index < -0.39 is 23.0 Å². The van der Waals surface area contributed by atoms with E-state index in [2.05, 4.69) is 0 Å². The lowest BCUT2D eigenvalue weighted by Crippen LogP contribution is -2.35. The molecule has 0 aliphatic carbocycles. The second kappa shape index (κ2) is 5.40. The minimum absolute atomic E-state index is 0.0452. The van der Waals surface area contributed by atoms with E-state index in [1.807, 2.05) is 0 Å². The van der Waals surface area contributed by atoms with Gasteiger partial charge in [-0.05, 0) is 37.6 Å². The minimum Gasteiger partial charge on any atom is -0.478 e. The number of anilines is 1. The van der Waals surface area contributed by atoms with Crippen molar-refractivity contribution in [2.75, 3.05) is 4.90 Å². The highest BCUT2D eigenvalue weighted by Gasteiger charge is 2.44. The smallest absolute Gasteiger partial charge is 0.335 e. The number of hydrogen-bond donors (Lipinski definition) is 1. The molecule has 2 aromatic rings. The number of rotatable bonds is 3. The van der Waals surface area contributed by atoms with Crippen LogP contribution in [0.1, 0.15) is 35.3 Å². The maximum atomic E-state index is 13.9. The van der Waals surface area contributed by atoms with E-state index in [0.29, 0.717) is 11.3 Å². The number of aromatic carboxylic acids is 1. The van der Waals surface area contributed by atoms with Crippen molar-refractivity contribution >= 4 is 17.6 Å². The van der Waals surface area contributed by atoms with Gasteiger partial charge in [0.2, 0.25) is 5.91 Å². The zero-order valence-electron chi connectivity index (χ0n) is 13.1. The molecule has 1 aliphatic rings. The number of carboxylic acids is 1. The van der Waals surface area contributed by atoms with Gasteiger partial charge in [0.25, 0.3) is 0 Å². The van der Waals surface area contributed by atoms with Crippen molar-refractivity contribution in [2.24, 2.45) is 0 Å². The van der Waals surface area contributed by atoms with Crippen LogP contribution in [0.4, 0.5) is 14.5 Å². The second-order valence-electron chi connectivity index (χ2n) is 6.29. The predicted molar refractivity (Wildman–Crippen MR) is 84.0 cm³/mol. The lowest BCUT2D eigenvalue weighted by Gasteiger charge is -2.20. The molecule has 0 fully saturated rings. The molecule has 0 radical (unpaired) electrons. The Bertz CT molecular complexity index is 861. The van der Waals surface area contributed by atoms with Crippen molar-refractivity contribution in [1.82, 2.24) is 0 Å². The van der Waals surface area contributed by atoms with Crippen molar-refractivity contribution in [3.8, 4) is 0 Å². The number of benzene rings is 2. The number of halogens is 2. The highest BCUT2D eigenvalue weighted by Crippen LogP contribution is 2.42. The van der Waals surface area contributed by atoms with Crippen LogP contribution < -0.4 is 4.90 Å². The minimum atomic E-state index is -1.11. The highest BCUT2D eigenvalue weighted by atomic mass is 19.1. The Morgan fingerprint density at radius 2 is 1.88 bits per heavy atom. The van der Waals surface area contributed by atoms with E-state index in [1.54, 1.807) is 19.9 Å². The zero-order chi connectivity index (χ0) is 17.6. The van der Waals surface area contributed by atoms with Gasteiger partial charge in [-0.1, -0.05) is 12.1 Å². The van der Waals surface area contributed by atoms with Gasteiger partial charge in [-0.2, -0.15) is 0 Å². The molecule has 0 unspecified atom stereocenters. The summed E-state index contributed by atoms with van der Waals surface area (Å²) in [4.78, 5) is 25.3. The zero-order valence-corrected chi connectivity index (χ0v) is 13.1. The number of hydrogen-bond acceptors (Lipinski definition) is 2. The Hall–Kier alpha value is -2.76. The Labute approximate surface area is 137 Å². The summed E-state index contributed by atoms with van der Waals surface area (Å²) in [5.41, 5.74) is 0.481. The Balaban J connectivity index is 2.07. The van der Waals surface area contributed by atoms with Gasteiger partial charge < -0.3 is 10.0 Å². The summed E-state index contributed by atoms with van der Waals surface area (Å²) in [6.07, 6.45) is 0. The van der Waals surface area contributed by atoms with E-state index in [4.69, 9.17) is 5.11 Å². The van der Waals surface area contributed by atoms with E-state index in [0.717, 1.165) is 12.1 Å². The fourth-order valence-electron chi connectivity index (χ4n) is 2.96. The largest absolute Gasteiger partial charge is 0.478 e. The first-order valence-corrected chi connectivity index (χ1v) is 7.35. The fourth-order valence-corrected chi connectivity index (χ4v) is 2.96. The molecule has 1 aliphatic heterocycles. The number of amides is 1. The van der Waals surface area contributed by atoms with Gasteiger partial charge in [-0.15, -0.1) is 0 Å². The van der Waals surface area contributed by atoms with Crippen molar-refractivity contribution in [3.63, 3.8) is 0 Å². The molecule has 4 nitrogen and oxygen atoms in total. The number of carbonyl (C=O) groups is 2. The molecule has 1 heterocycles. The molecule has 0 saturated heterocycles. The van der Waals surface area contributed by atoms with Crippen molar-refractivity contribution < 1.29 is 23.5 Å². The van der Waals surface area contributed by atoms with Gasteiger partial charge in [0, 0.05) is 17.3 Å². The molecule has 0 aromatic heterocycles. The van der Waals surface area contributed by atoms with Gasteiger partial charge in [0.05, 0.1) is 17.5 Å². The summed E-state index contributed by atoms with van der Waals surface area (Å²) in [6, 6.07) is 7.62. The third kappa shape index (κ3) is 2.44. The number of carbonyl (C=O) groups excluding carboxylic acids is 1. The molecule has 0 atom stereocenters. The first-order valence-electron chi connectivity index (χ1n) is 7.35. The summed E-state index contributed by atoms with van der Waals surface area (Å²) in [6.45, 7) is 3.37. The lowest BCUT2D eigenvalue weighted by molar-refractivity contribution is -0.122. The second-order valence-corrected chi connectivity index (χ2v) is 6.29. The number of carboxylic acid groups (broad SMARTS) is 1. The van der Waals surface area contributed by atoms with Crippen LogP contribution in [0.3, 0.4) is 0 Å². The van der Waals surface area contributed by atoms with E-state index in [-0.39, 0.29) is 23.6 Å². The highest BCUT2D eigenvalue weighted by molar-refractivity contribution is 6.08. The first-order chi connectivity index (χ1) is 11.2. The summed E-state index contributed by atoms with van der Waals surface area (Å²) >= 11 is 0. The van der Waals surface area contributed by atoms with Gasteiger partial charge >= 0.3 is 5.97 Å². The molecule has 124 valence electrons. The van der Waals surface area contributed by atoms with Gasteiger partial charge in [-0.25, -0.2) is 13.6 Å².